The van der Waals surface area contributed by atoms with Crippen LogP contribution in [0.15, 0.2) is 113 Å². The van der Waals surface area contributed by atoms with E-state index in [1.165, 1.54) is 79.7 Å². The van der Waals surface area contributed by atoms with E-state index in [0.717, 1.165) is 37.7 Å². The van der Waals surface area contributed by atoms with E-state index in [2.05, 4.69) is 110 Å². The average Bonchev–Trinajstić information content (AvgIpc) is 3.39. The molecule has 0 nitrogen and oxygen atoms in total. The second kappa shape index (κ2) is 10.4. The van der Waals surface area contributed by atoms with Crippen LogP contribution in [-0.2, 0) is 12.8 Å². The zero-order chi connectivity index (χ0) is 30.9. The largest absolute Gasteiger partial charge is 0.0955 e. The van der Waals surface area contributed by atoms with Gasteiger partial charge in [-0.3, -0.25) is 0 Å². The summed E-state index contributed by atoms with van der Waals surface area (Å²) >= 11 is 0. The molecule has 0 aliphatic heterocycles. The molecule has 0 heterocycles. The van der Waals surface area contributed by atoms with Crippen molar-refractivity contribution in [1.82, 2.24) is 0 Å². The molecule has 0 saturated carbocycles. The van der Waals surface area contributed by atoms with Gasteiger partial charge in [0.25, 0.3) is 0 Å². The van der Waals surface area contributed by atoms with E-state index in [-0.39, 0.29) is 16.2 Å². The lowest BCUT2D eigenvalue weighted by Crippen LogP contribution is -2.52. The fraction of sp³-hybridized carbons (Fsp3) is 0.395. The van der Waals surface area contributed by atoms with E-state index < -0.39 is 0 Å². The van der Waals surface area contributed by atoms with Gasteiger partial charge >= 0.3 is 0 Å². The van der Waals surface area contributed by atoms with E-state index in [9.17, 15) is 0 Å². The molecule has 43 heavy (non-hydrogen) atoms. The highest BCUT2D eigenvalue weighted by Gasteiger charge is 2.59. The average molecular weight is 567 g/mol. The van der Waals surface area contributed by atoms with Gasteiger partial charge in [-0.1, -0.05) is 117 Å². The van der Waals surface area contributed by atoms with Crippen LogP contribution >= 0.6 is 0 Å². The molecule has 2 aromatic rings. The molecule has 2 aromatic carbocycles. The van der Waals surface area contributed by atoms with Gasteiger partial charge in [-0.15, -0.1) is 0 Å². The minimum absolute atomic E-state index is 0.0391. The molecule has 0 amide bonds. The first-order valence-corrected chi connectivity index (χ1v) is 16.3. The van der Waals surface area contributed by atoms with Gasteiger partial charge in [0, 0.05) is 5.41 Å². The maximum Gasteiger partial charge on any atom is 0.0194 e. The van der Waals surface area contributed by atoms with Crippen LogP contribution in [0.4, 0.5) is 0 Å². The van der Waals surface area contributed by atoms with Crippen molar-refractivity contribution in [2.24, 2.45) is 16.2 Å². The predicted molar refractivity (Wildman–Crippen MR) is 187 cm³/mol. The topological polar surface area (TPSA) is 0 Å². The summed E-state index contributed by atoms with van der Waals surface area (Å²) in [6, 6.07) is 15.6. The minimum atomic E-state index is -0.117. The molecular formula is C43H50. The molecule has 4 aliphatic carbocycles. The highest BCUT2D eigenvalue weighted by molar-refractivity contribution is 5.90. The number of rotatable bonds is 6. The van der Waals surface area contributed by atoms with Crippen LogP contribution in [0.1, 0.15) is 101 Å². The summed E-state index contributed by atoms with van der Waals surface area (Å²) in [7, 11) is 0. The fourth-order valence-electron chi connectivity index (χ4n) is 9.94. The van der Waals surface area contributed by atoms with Crippen LogP contribution in [0, 0.1) is 23.2 Å². The van der Waals surface area contributed by atoms with E-state index in [4.69, 9.17) is 13.2 Å². The minimum Gasteiger partial charge on any atom is -0.0955 e. The van der Waals surface area contributed by atoms with Gasteiger partial charge in [-0.2, -0.15) is 0 Å². The van der Waals surface area contributed by atoms with Crippen LogP contribution in [0.25, 0.3) is 11.1 Å². The summed E-state index contributed by atoms with van der Waals surface area (Å²) in [5.74, 6) is 0. The Morgan fingerprint density at radius 2 is 1.60 bits per heavy atom. The maximum absolute atomic E-state index is 4.88. The molecule has 0 heteroatoms. The molecule has 0 unspecified atom stereocenters. The standard InChI is InChI=1S/C43H50/c1-27(2)38-29(4)24-42(9)26-41(8)25-37-36(35-21-20-34(23-35)18-14-17-33-15-12-11-13-16-33)22-19-28(3)39(37)30(5)40(41)32(7)43(42,10)31(38)6/h11-13,15-16,19-22H,1,5-6,14,17-18,23-26H2,2-4,7-10H3/t41-,42+,43-/m1/s1. The lowest BCUT2D eigenvalue weighted by Gasteiger charge is -2.62. The zero-order valence-corrected chi connectivity index (χ0v) is 27.8. The number of aryl methyl sites for hydroxylation is 2. The third kappa shape index (κ3) is 4.47. The Labute approximate surface area is 261 Å². The third-order valence-corrected chi connectivity index (χ3v) is 11.9. The lowest BCUT2D eigenvalue weighted by molar-refractivity contribution is 0.0544. The summed E-state index contributed by atoms with van der Waals surface area (Å²) < 4.78 is 0. The quantitative estimate of drug-likeness (QED) is 0.326. The van der Waals surface area contributed by atoms with Crippen LogP contribution < -0.4 is 0 Å². The smallest absolute Gasteiger partial charge is 0.0194 e. The maximum atomic E-state index is 4.88. The summed E-state index contributed by atoms with van der Waals surface area (Å²) in [6.07, 6.45) is 12.7. The van der Waals surface area contributed by atoms with Crippen LogP contribution in [-0.4, -0.2) is 0 Å². The monoisotopic (exact) mass is 566 g/mol. The Hall–Kier alpha value is -3.38. The summed E-state index contributed by atoms with van der Waals surface area (Å²) in [6.45, 7) is 30.7. The van der Waals surface area contributed by atoms with Crippen molar-refractivity contribution in [2.45, 2.75) is 93.4 Å². The van der Waals surface area contributed by atoms with Gasteiger partial charge in [0.05, 0.1) is 0 Å². The number of allylic oxidation sites excluding steroid dienone is 11. The molecule has 0 N–H and O–H groups in total. The van der Waals surface area contributed by atoms with Crippen molar-refractivity contribution < 1.29 is 0 Å². The fourth-order valence-corrected chi connectivity index (χ4v) is 9.94. The van der Waals surface area contributed by atoms with Crippen molar-refractivity contribution in [3.63, 3.8) is 0 Å². The van der Waals surface area contributed by atoms with Gasteiger partial charge in [-0.05, 0) is 139 Å². The van der Waals surface area contributed by atoms with Gasteiger partial charge in [0.1, 0.15) is 0 Å². The Kier molecular flexibility index (Phi) is 7.15. The first-order chi connectivity index (χ1) is 20.3. The molecular weight excluding hydrogens is 516 g/mol. The highest BCUT2D eigenvalue weighted by Crippen LogP contribution is 2.70. The van der Waals surface area contributed by atoms with Crippen molar-refractivity contribution in [3.05, 3.63) is 141 Å². The molecule has 0 aromatic heterocycles. The second-order valence-corrected chi connectivity index (χ2v) is 15.0. The van der Waals surface area contributed by atoms with Crippen LogP contribution in [0.3, 0.4) is 0 Å². The Morgan fingerprint density at radius 1 is 0.884 bits per heavy atom. The molecule has 4 aliphatic rings. The molecule has 0 radical (unpaired) electrons. The highest BCUT2D eigenvalue weighted by atomic mass is 14.6. The first kappa shape index (κ1) is 29.7. The van der Waals surface area contributed by atoms with Gasteiger partial charge < -0.3 is 0 Å². The molecule has 0 fully saturated rings. The molecule has 6 rings (SSSR count). The number of hydrogen-bond donors (Lipinski definition) is 0. The third-order valence-electron chi connectivity index (χ3n) is 11.9. The Bertz CT molecular complexity index is 1700. The number of fused-ring (bicyclic) bond motifs is 3. The predicted octanol–water partition coefficient (Wildman–Crippen LogP) is 11.9. The number of hydrogen-bond acceptors (Lipinski definition) is 0. The van der Waals surface area contributed by atoms with Crippen molar-refractivity contribution >= 4 is 11.1 Å². The van der Waals surface area contributed by atoms with E-state index >= 15 is 0 Å². The van der Waals surface area contributed by atoms with Crippen molar-refractivity contribution in [1.29, 1.82) is 0 Å². The van der Waals surface area contributed by atoms with Gasteiger partial charge in [0.15, 0.2) is 0 Å². The zero-order valence-electron chi connectivity index (χ0n) is 27.8. The molecule has 0 bridgehead atoms. The summed E-state index contributed by atoms with van der Waals surface area (Å²) in [4.78, 5) is 0. The second-order valence-electron chi connectivity index (χ2n) is 15.0. The molecule has 0 spiro atoms. The van der Waals surface area contributed by atoms with Gasteiger partial charge in [0.2, 0.25) is 0 Å². The van der Waals surface area contributed by atoms with Crippen molar-refractivity contribution in [2.75, 3.05) is 0 Å². The molecule has 3 atom stereocenters. The Balaban J connectivity index is 1.34. The molecule has 222 valence electrons. The lowest BCUT2D eigenvalue weighted by atomic mass is 9.41. The van der Waals surface area contributed by atoms with Crippen LogP contribution in [0.5, 0.6) is 0 Å². The van der Waals surface area contributed by atoms with Gasteiger partial charge in [-0.25, -0.2) is 0 Å². The first-order valence-electron chi connectivity index (χ1n) is 16.3. The van der Waals surface area contributed by atoms with Crippen molar-refractivity contribution in [3.8, 4) is 0 Å². The summed E-state index contributed by atoms with van der Waals surface area (Å²) in [5, 5.41) is 0. The Morgan fingerprint density at radius 3 is 2.30 bits per heavy atom. The molecule has 0 saturated heterocycles. The van der Waals surface area contributed by atoms with E-state index in [1.807, 2.05) is 0 Å². The normalized spacial score (nSPS) is 28.3. The van der Waals surface area contributed by atoms with E-state index in [0.29, 0.717) is 0 Å². The SMILES string of the molecule is C=C(C)C1=C(C)C[C@@]2(C)C[C@@]3(C)Cc4c(C5=CC=C(CCCc6ccccc6)C5)ccc(C)c4C(=C)C3=C(C)[C@@]2(C)C1=C. The summed E-state index contributed by atoms with van der Waals surface area (Å²) in [5.41, 5.74) is 19.6. The number of benzene rings is 2. The van der Waals surface area contributed by atoms with E-state index in [1.54, 1.807) is 5.57 Å². The van der Waals surface area contributed by atoms with Crippen LogP contribution in [0.2, 0.25) is 0 Å².